The quantitative estimate of drug-likeness (QED) is 0.277. The van der Waals surface area contributed by atoms with Crippen molar-refractivity contribution in [1.29, 1.82) is 0 Å². The van der Waals surface area contributed by atoms with Crippen molar-refractivity contribution in [3.05, 3.63) is 37.3 Å². The van der Waals surface area contributed by atoms with E-state index in [0.717, 1.165) is 12.2 Å². The Bertz CT molecular complexity index is 399. The third-order valence-electron chi connectivity index (χ3n) is 1.10. The lowest BCUT2D eigenvalue weighted by atomic mass is 10.5. The van der Waals surface area contributed by atoms with Gasteiger partial charge in [-0.15, -0.1) is 0 Å². The summed E-state index contributed by atoms with van der Waals surface area (Å²) in [7, 11) is -3.90. The second-order valence-corrected chi connectivity index (χ2v) is 4.04. The Kier molecular flexibility index (Phi) is 17.5. The van der Waals surface area contributed by atoms with Crippen LogP contribution in [0, 0.1) is 0 Å². The van der Waals surface area contributed by atoms with Crippen LogP contribution in [-0.2, 0) is 24.4 Å². The molecular weight excluding hydrogens is 292 g/mol. The monoisotopic (exact) mass is 310 g/mol. The summed E-state index contributed by atoms with van der Waals surface area (Å²) in [6.45, 7) is 9.27. The first-order chi connectivity index (χ1) is 9.14. The van der Waals surface area contributed by atoms with Gasteiger partial charge in [-0.25, -0.2) is 9.59 Å². The van der Waals surface area contributed by atoms with Crippen LogP contribution >= 0.6 is 0 Å². The number of esters is 1. The second kappa shape index (κ2) is 15.1. The number of carbonyl (C=O) groups excluding carboxylic acids is 1. The fourth-order valence-corrected chi connectivity index (χ4v) is 0.296. The van der Waals surface area contributed by atoms with Gasteiger partial charge in [-0.2, -0.15) is 8.42 Å². The van der Waals surface area contributed by atoms with Gasteiger partial charge < -0.3 is 14.9 Å². The van der Waals surface area contributed by atoms with Crippen molar-refractivity contribution in [1.82, 2.24) is 0 Å². The molecule has 0 heterocycles. The molecule has 0 saturated carbocycles. The maximum Gasteiger partial charge on any atom is 0.330 e. The molecule has 0 rings (SSSR count). The SMILES string of the molecule is C=CC(=O)O.C=CC(=O)OCCCO.C=CS(=O)(=O)O. The predicted octanol–water partition coefficient (Wildman–Crippen LogP) is 0.373. The van der Waals surface area contributed by atoms with Gasteiger partial charge in [-0.1, -0.05) is 19.7 Å². The Balaban J connectivity index is -0.000000230. The molecule has 0 bridgehead atoms. The molecule has 0 aromatic heterocycles. The first kappa shape index (κ1) is 23.1. The van der Waals surface area contributed by atoms with Crippen LogP contribution in [0.2, 0.25) is 0 Å². The highest BCUT2D eigenvalue weighted by molar-refractivity contribution is 7.88. The van der Waals surface area contributed by atoms with Crippen LogP contribution in [0.3, 0.4) is 0 Å². The van der Waals surface area contributed by atoms with Gasteiger partial charge in [0.1, 0.15) is 0 Å². The van der Waals surface area contributed by atoms with Crippen molar-refractivity contribution in [2.45, 2.75) is 6.42 Å². The summed E-state index contributed by atoms with van der Waals surface area (Å²) in [5, 5.41) is 16.3. The summed E-state index contributed by atoms with van der Waals surface area (Å²) >= 11 is 0. The van der Waals surface area contributed by atoms with E-state index in [2.05, 4.69) is 24.5 Å². The number of aliphatic carboxylic acids is 1. The van der Waals surface area contributed by atoms with E-state index in [0.29, 0.717) is 11.8 Å². The summed E-state index contributed by atoms with van der Waals surface area (Å²) in [5.41, 5.74) is 0. The smallest absolute Gasteiger partial charge is 0.330 e. The van der Waals surface area contributed by atoms with Crippen molar-refractivity contribution in [2.24, 2.45) is 0 Å². The van der Waals surface area contributed by atoms with Crippen molar-refractivity contribution < 1.29 is 37.5 Å². The molecule has 0 aliphatic heterocycles. The van der Waals surface area contributed by atoms with Gasteiger partial charge in [0.15, 0.2) is 0 Å². The summed E-state index contributed by atoms with van der Waals surface area (Å²) in [5.74, 6) is -1.42. The highest BCUT2D eigenvalue weighted by atomic mass is 32.2. The average Bonchev–Trinajstić information content (AvgIpc) is 2.39. The molecular formula is C11H18O8S. The molecule has 0 amide bonds. The molecule has 0 atom stereocenters. The van der Waals surface area contributed by atoms with Crippen molar-refractivity contribution >= 4 is 22.1 Å². The Morgan fingerprint density at radius 3 is 1.75 bits per heavy atom. The van der Waals surface area contributed by atoms with Gasteiger partial charge in [0.05, 0.1) is 12.0 Å². The van der Waals surface area contributed by atoms with E-state index in [1.807, 2.05) is 0 Å². The van der Waals surface area contributed by atoms with E-state index in [1.54, 1.807) is 0 Å². The largest absolute Gasteiger partial charge is 0.478 e. The summed E-state index contributed by atoms with van der Waals surface area (Å²) in [6, 6.07) is 0. The van der Waals surface area contributed by atoms with Crippen molar-refractivity contribution in [3.8, 4) is 0 Å². The summed E-state index contributed by atoms with van der Waals surface area (Å²) in [4.78, 5) is 19.5. The number of hydrogen-bond acceptors (Lipinski definition) is 6. The predicted molar refractivity (Wildman–Crippen MR) is 72.4 cm³/mol. The van der Waals surface area contributed by atoms with Crippen molar-refractivity contribution in [2.75, 3.05) is 13.2 Å². The van der Waals surface area contributed by atoms with Gasteiger partial charge >= 0.3 is 11.9 Å². The highest BCUT2D eigenvalue weighted by Gasteiger charge is 1.91. The molecule has 0 unspecified atom stereocenters. The summed E-state index contributed by atoms with van der Waals surface area (Å²) < 4.78 is 31.1. The molecule has 116 valence electrons. The Labute approximate surface area is 117 Å². The van der Waals surface area contributed by atoms with E-state index in [9.17, 15) is 18.0 Å². The lowest BCUT2D eigenvalue weighted by Gasteiger charge is -1.96. The number of carboxylic acids is 1. The summed E-state index contributed by atoms with van der Waals surface area (Å²) in [6.07, 6.45) is 2.41. The van der Waals surface area contributed by atoms with E-state index in [1.165, 1.54) is 0 Å². The molecule has 0 spiro atoms. The molecule has 0 aromatic carbocycles. The topological polar surface area (TPSA) is 138 Å². The first-order valence-electron chi connectivity index (χ1n) is 4.99. The Morgan fingerprint density at radius 1 is 1.15 bits per heavy atom. The molecule has 3 N–H and O–H groups in total. The van der Waals surface area contributed by atoms with Crippen LogP contribution < -0.4 is 0 Å². The fourth-order valence-electron chi connectivity index (χ4n) is 0.296. The van der Waals surface area contributed by atoms with Crippen LogP contribution in [0.25, 0.3) is 0 Å². The lowest BCUT2D eigenvalue weighted by Crippen LogP contribution is -2.02. The van der Waals surface area contributed by atoms with Gasteiger partial charge in [0, 0.05) is 25.2 Å². The third-order valence-corrected chi connectivity index (χ3v) is 1.52. The number of aliphatic hydroxyl groups is 1. The number of rotatable bonds is 6. The van der Waals surface area contributed by atoms with E-state index >= 15 is 0 Å². The average molecular weight is 310 g/mol. The second-order valence-electron chi connectivity index (χ2n) is 2.67. The van der Waals surface area contributed by atoms with Gasteiger partial charge in [0.25, 0.3) is 10.1 Å². The van der Waals surface area contributed by atoms with E-state index < -0.39 is 22.1 Å². The zero-order valence-corrected chi connectivity index (χ0v) is 11.6. The van der Waals surface area contributed by atoms with E-state index in [4.69, 9.17) is 14.8 Å². The lowest BCUT2D eigenvalue weighted by molar-refractivity contribution is -0.138. The number of aliphatic hydroxyl groups excluding tert-OH is 1. The van der Waals surface area contributed by atoms with Crippen molar-refractivity contribution in [3.63, 3.8) is 0 Å². The maximum atomic E-state index is 10.3. The van der Waals surface area contributed by atoms with Crippen LogP contribution in [-0.4, -0.2) is 48.3 Å². The minimum absolute atomic E-state index is 0.0461. The van der Waals surface area contributed by atoms with Crippen LogP contribution in [0.15, 0.2) is 37.3 Å². The molecule has 0 aromatic rings. The highest BCUT2D eigenvalue weighted by Crippen LogP contribution is 1.82. The maximum absolute atomic E-state index is 10.3. The number of carboxylic acid groups (broad SMARTS) is 1. The van der Waals surface area contributed by atoms with Gasteiger partial charge in [0.2, 0.25) is 0 Å². The standard InChI is InChI=1S/C6H10O3.C3H4O2.C2H4O3S/c1-2-6(8)9-5-3-4-7;1-2-3(4)5;1-2-6(3,4)5/h2,7H,1,3-5H2;2H,1H2,(H,4,5);2H,1H2,(H,3,4,5). The molecule has 20 heavy (non-hydrogen) atoms. The first-order valence-corrected chi connectivity index (χ1v) is 6.50. The fraction of sp³-hybridized carbons (Fsp3) is 0.273. The Hall–Kier alpha value is -1.97. The molecule has 0 aliphatic carbocycles. The molecule has 8 nitrogen and oxygen atoms in total. The minimum atomic E-state index is -3.90. The van der Waals surface area contributed by atoms with Crippen LogP contribution in [0.1, 0.15) is 6.42 Å². The normalized spacial score (nSPS) is 8.70. The zero-order valence-electron chi connectivity index (χ0n) is 10.8. The molecule has 0 saturated heterocycles. The minimum Gasteiger partial charge on any atom is -0.478 e. The number of ether oxygens (including phenoxy) is 1. The number of carbonyl (C=O) groups is 2. The number of hydrogen-bond donors (Lipinski definition) is 3. The molecule has 0 aliphatic rings. The molecule has 0 fully saturated rings. The van der Waals surface area contributed by atoms with Crippen LogP contribution in [0.4, 0.5) is 0 Å². The molecule has 9 heteroatoms. The van der Waals surface area contributed by atoms with Crippen LogP contribution in [0.5, 0.6) is 0 Å². The van der Waals surface area contributed by atoms with E-state index in [-0.39, 0.29) is 13.2 Å². The molecule has 0 radical (unpaired) electrons. The van der Waals surface area contributed by atoms with Gasteiger partial charge in [-0.05, 0) is 0 Å². The van der Waals surface area contributed by atoms with Gasteiger partial charge in [-0.3, -0.25) is 4.55 Å². The third kappa shape index (κ3) is 36.0. The zero-order chi connectivity index (χ0) is 16.6. The Morgan fingerprint density at radius 2 is 1.55 bits per heavy atom.